The van der Waals surface area contributed by atoms with Crippen LogP contribution in [-0.4, -0.2) is 33.3 Å². The van der Waals surface area contributed by atoms with Gasteiger partial charge in [-0.1, -0.05) is 24.3 Å². The van der Waals surface area contributed by atoms with Crippen molar-refractivity contribution in [3.63, 3.8) is 0 Å². The van der Waals surface area contributed by atoms with E-state index in [0.29, 0.717) is 11.4 Å². The molecular weight excluding hydrogens is 228 g/mol. The first kappa shape index (κ1) is 13.5. The number of hydrogen-bond donors (Lipinski definition) is 2. The Hall–Kier alpha value is -1.59. The standard InChI is InChI=1S/C12H10N2O2.Mg.2H/c15-11-7-3-1-5-9(11)13-14-10-6-2-4-8-12(10)16;;;/h1-8,15-16H;;;/q;+2;2*-1. The number of aromatic hydroxyl groups is 2. The van der Waals surface area contributed by atoms with Gasteiger partial charge in [-0.2, -0.15) is 0 Å². The fraction of sp³-hybridized carbons (Fsp3) is 0. The molecule has 5 heteroatoms. The first-order valence-electron chi connectivity index (χ1n) is 4.75. The number of phenolic OH excluding ortho intramolecular Hbond substituents is 2. The third kappa shape index (κ3) is 3.44. The summed E-state index contributed by atoms with van der Waals surface area (Å²) in [6.07, 6.45) is 0. The summed E-state index contributed by atoms with van der Waals surface area (Å²) in [5.41, 5.74) is 0.733. The molecule has 2 aromatic carbocycles. The fourth-order valence-corrected chi connectivity index (χ4v) is 1.21. The average molecular weight is 241 g/mol. The molecule has 2 N–H and O–H groups in total. The minimum Gasteiger partial charge on any atom is -1.00 e. The Bertz CT molecular complexity index is 491. The molecule has 0 amide bonds. The molecule has 0 aromatic heterocycles. The zero-order valence-corrected chi connectivity index (χ0v) is 10.5. The third-order valence-corrected chi connectivity index (χ3v) is 2.03. The van der Waals surface area contributed by atoms with Gasteiger partial charge in [-0.15, -0.1) is 10.2 Å². The van der Waals surface area contributed by atoms with Gasteiger partial charge in [-0.05, 0) is 24.3 Å². The van der Waals surface area contributed by atoms with Crippen LogP contribution < -0.4 is 0 Å². The van der Waals surface area contributed by atoms with Crippen molar-refractivity contribution >= 4 is 34.4 Å². The molecule has 0 spiro atoms. The molecular formula is C12H12MgN2O2. The second kappa shape index (κ2) is 6.22. The summed E-state index contributed by atoms with van der Waals surface area (Å²) in [5.74, 6) is 0.114. The molecule has 0 fully saturated rings. The van der Waals surface area contributed by atoms with Crippen molar-refractivity contribution in [1.82, 2.24) is 0 Å². The van der Waals surface area contributed by atoms with Gasteiger partial charge in [-0.3, -0.25) is 0 Å². The fourth-order valence-electron chi connectivity index (χ4n) is 1.21. The van der Waals surface area contributed by atoms with Crippen molar-refractivity contribution in [2.75, 3.05) is 0 Å². The first-order chi connectivity index (χ1) is 7.77. The molecule has 0 radical (unpaired) electrons. The Balaban J connectivity index is 0. The second-order valence-corrected chi connectivity index (χ2v) is 3.18. The predicted molar refractivity (Wildman–Crippen MR) is 68.4 cm³/mol. The first-order valence-corrected chi connectivity index (χ1v) is 4.75. The number of phenols is 2. The maximum atomic E-state index is 9.44. The monoisotopic (exact) mass is 240 g/mol. The molecule has 0 aliphatic rings. The molecule has 84 valence electrons. The van der Waals surface area contributed by atoms with Crippen LogP contribution in [0.25, 0.3) is 0 Å². The Morgan fingerprint density at radius 1 is 0.706 bits per heavy atom. The van der Waals surface area contributed by atoms with Crippen LogP contribution in [0.2, 0.25) is 0 Å². The number of nitrogens with zero attached hydrogens (tertiary/aromatic N) is 2. The molecule has 0 saturated heterocycles. The average Bonchev–Trinajstić information content (AvgIpc) is 2.30. The van der Waals surface area contributed by atoms with Gasteiger partial charge in [-0.25, -0.2) is 0 Å². The summed E-state index contributed by atoms with van der Waals surface area (Å²) >= 11 is 0. The molecule has 0 bridgehead atoms. The summed E-state index contributed by atoms with van der Waals surface area (Å²) in [6, 6.07) is 13.2. The van der Waals surface area contributed by atoms with Crippen LogP contribution in [0.4, 0.5) is 11.4 Å². The summed E-state index contributed by atoms with van der Waals surface area (Å²) in [6.45, 7) is 0. The van der Waals surface area contributed by atoms with Gasteiger partial charge in [0.1, 0.15) is 22.9 Å². The maximum absolute atomic E-state index is 9.44. The van der Waals surface area contributed by atoms with Crippen molar-refractivity contribution in [3.05, 3.63) is 48.5 Å². The summed E-state index contributed by atoms with van der Waals surface area (Å²) in [7, 11) is 0. The van der Waals surface area contributed by atoms with Crippen LogP contribution in [0.5, 0.6) is 11.5 Å². The van der Waals surface area contributed by atoms with Crippen LogP contribution in [0, 0.1) is 0 Å². The molecule has 0 aliphatic heterocycles. The molecule has 2 aromatic rings. The van der Waals surface area contributed by atoms with Crippen LogP contribution in [0.3, 0.4) is 0 Å². The van der Waals surface area contributed by atoms with Gasteiger partial charge in [0.2, 0.25) is 0 Å². The van der Waals surface area contributed by atoms with E-state index < -0.39 is 0 Å². The molecule has 17 heavy (non-hydrogen) atoms. The summed E-state index contributed by atoms with van der Waals surface area (Å²) < 4.78 is 0. The van der Waals surface area contributed by atoms with Gasteiger partial charge < -0.3 is 13.1 Å². The van der Waals surface area contributed by atoms with E-state index in [-0.39, 0.29) is 37.4 Å². The number of benzene rings is 2. The number of hydrogen-bond acceptors (Lipinski definition) is 4. The van der Waals surface area contributed by atoms with E-state index in [1.165, 1.54) is 12.1 Å². The van der Waals surface area contributed by atoms with E-state index in [1.54, 1.807) is 36.4 Å². The van der Waals surface area contributed by atoms with Crippen LogP contribution in [0.15, 0.2) is 58.8 Å². The van der Waals surface area contributed by atoms with E-state index in [4.69, 9.17) is 0 Å². The van der Waals surface area contributed by atoms with Crippen molar-refractivity contribution < 1.29 is 13.1 Å². The summed E-state index contributed by atoms with van der Waals surface area (Å²) in [4.78, 5) is 0. The largest absolute Gasteiger partial charge is 2.00 e. The Labute approximate surface area is 118 Å². The van der Waals surface area contributed by atoms with E-state index in [0.717, 1.165) is 0 Å². The zero-order chi connectivity index (χ0) is 11.4. The molecule has 0 unspecified atom stereocenters. The van der Waals surface area contributed by atoms with Crippen LogP contribution >= 0.6 is 0 Å². The SMILES string of the molecule is Oc1ccccc1N=Nc1ccccc1O.[H-].[H-].[Mg+2]. The topological polar surface area (TPSA) is 65.2 Å². The Kier molecular flexibility index (Phi) is 4.93. The minimum atomic E-state index is 0. The summed E-state index contributed by atoms with van der Waals surface area (Å²) in [5, 5.41) is 26.6. The van der Waals surface area contributed by atoms with Gasteiger partial charge in [0.05, 0.1) is 0 Å². The molecule has 0 atom stereocenters. The quantitative estimate of drug-likeness (QED) is 0.624. The van der Waals surface area contributed by atoms with E-state index >= 15 is 0 Å². The third-order valence-electron chi connectivity index (χ3n) is 2.03. The van der Waals surface area contributed by atoms with Gasteiger partial charge in [0.25, 0.3) is 0 Å². The molecule has 0 heterocycles. The number of azo groups is 1. The van der Waals surface area contributed by atoms with Gasteiger partial charge >= 0.3 is 23.1 Å². The zero-order valence-electron chi connectivity index (χ0n) is 11.1. The molecule has 0 saturated carbocycles. The van der Waals surface area contributed by atoms with Crippen LogP contribution in [0.1, 0.15) is 2.85 Å². The second-order valence-electron chi connectivity index (χ2n) is 3.18. The Morgan fingerprint density at radius 2 is 1.06 bits per heavy atom. The minimum absolute atomic E-state index is 0. The van der Waals surface area contributed by atoms with Gasteiger partial charge in [0.15, 0.2) is 0 Å². The van der Waals surface area contributed by atoms with E-state index in [2.05, 4.69) is 10.2 Å². The smallest absolute Gasteiger partial charge is 1.00 e. The van der Waals surface area contributed by atoms with Crippen molar-refractivity contribution in [1.29, 1.82) is 0 Å². The predicted octanol–water partition coefficient (Wildman–Crippen LogP) is 3.36. The van der Waals surface area contributed by atoms with Crippen LogP contribution in [-0.2, 0) is 0 Å². The maximum Gasteiger partial charge on any atom is 2.00 e. The molecule has 2 rings (SSSR count). The number of rotatable bonds is 2. The molecule has 4 nitrogen and oxygen atoms in total. The van der Waals surface area contributed by atoms with Crippen molar-refractivity contribution in [2.24, 2.45) is 10.2 Å². The van der Waals surface area contributed by atoms with E-state index in [1.807, 2.05) is 0 Å². The Morgan fingerprint density at radius 3 is 1.41 bits per heavy atom. The normalized spacial score (nSPS) is 10.1. The van der Waals surface area contributed by atoms with Crippen molar-refractivity contribution in [2.45, 2.75) is 0 Å². The van der Waals surface area contributed by atoms with Crippen molar-refractivity contribution in [3.8, 4) is 11.5 Å². The number of para-hydroxylation sites is 2. The van der Waals surface area contributed by atoms with Gasteiger partial charge in [0, 0.05) is 0 Å². The van der Waals surface area contributed by atoms with E-state index in [9.17, 15) is 10.2 Å². The molecule has 0 aliphatic carbocycles.